The molecule has 1 amide bonds. The fourth-order valence-corrected chi connectivity index (χ4v) is 3.30. The second-order valence-corrected chi connectivity index (χ2v) is 8.12. The second kappa shape index (κ2) is 13.8. The average molecular weight is 516 g/mol. The lowest BCUT2D eigenvalue weighted by Crippen LogP contribution is -2.38. The first kappa shape index (κ1) is 25.7. The van der Waals surface area contributed by atoms with Gasteiger partial charge < -0.3 is 21.1 Å². The number of hydrogen-bond acceptors (Lipinski definition) is 3. The Morgan fingerprint density at radius 3 is 2.79 bits per heavy atom. The van der Waals surface area contributed by atoms with Crippen LogP contribution in [0, 0.1) is 5.92 Å². The van der Waals surface area contributed by atoms with Crippen molar-refractivity contribution in [2.24, 2.45) is 16.6 Å². The molecule has 0 aliphatic carbocycles. The van der Waals surface area contributed by atoms with E-state index in [-0.39, 0.29) is 36.0 Å². The molecule has 1 heterocycles. The third-order valence-corrected chi connectivity index (χ3v) is 4.95. The van der Waals surface area contributed by atoms with Crippen molar-refractivity contribution in [1.29, 1.82) is 0 Å². The normalized spacial score (nSPS) is 17.7. The number of halogens is 1. The predicted molar refractivity (Wildman–Crippen MR) is 130 cm³/mol. The lowest BCUT2D eigenvalue weighted by atomic mass is 10.0. The Kier molecular flexibility index (Phi) is 12.2. The Balaban J connectivity index is 0.00000420. The van der Waals surface area contributed by atoms with Crippen molar-refractivity contribution in [3.63, 3.8) is 0 Å². The number of carbonyl (C=O) groups excluding carboxylic acids is 1. The molecule has 1 fully saturated rings. The van der Waals surface area contributed by atoms with Crippen molar-refractivity contribution in [3.8, 4) is 0 Å². The summed E-state index contributed by atoms with van der Waals surface area (Å²) in [6.07, 6.45) is 5.71. The highest BCUT2D eigenvalue weighted by Crippen LogP contribution is 2.12. The lowest BCUT2D eigenvalue weighted by Gasteiger charge is -2.15. The van der Waals surface area contributed by atoms with Crippen LogP contribution < -0.4 is 16.4 Å². The number of nitrogens with one attached hydrogen (secondary N) is 2. The summed E-state index contributed by atoms with van der Waals surface area (Å²) in [5, 5.41) is 6.20. The van der Waals surface area contributed by atoms with Crippen LogP contribution in [0.3, 0.4) is 0 Å². The van der Waals surface area contributed by atoms with Gasteiger partial charge in [0.2, 0.25) is 0 Å². The summed E-state index contributed by atoms with van der Waals surface area (Å²) >= 11 is 0. The molecular formula is C22H37IN4O2. The van der Waals surface area contributed by atoms with E-state index in [1.54, 1.807) is 0 Å². The van der Waals surface area contributed by atoms with Gasteiger partial charge in [-0.15, -0.1) is 24.0 Å². The van der Waals surface area contributed by atoms with Gasteiger partial charge in [-0.05, 0) is 49.8 Å². The zero-order valence-electron chi connectivity index (χ0n) is 17.9. The molecule has 164 valence electrons. The summed E-state index contributed by atoms with van der Waals surface area (Å²) in [7, 11) is 0. The fourth-order valence-electron chi connectivity index (χ4n) is 3.30. The van der Waals surface area contributed by atoms with Crippen LogP contribution >= 0.6 is 24.0 Å². The molecule has 1 saturated heterocycles. The van der Waals surface area contributed by atoms with E-state index in [4.69, 9.17) is 10.5 Å². The zero-order valence-corrected chi connectivity index (χ0v) is 20.3. The number of ether oxygens (including phenoxy) is 1. The fraction of sp³-hybridized carbons (Fsp3) is 0.636. The summed E-state index contributed by atoms with van der Waals surface area (Å²) in [5.74, 6) is 1.10. The summed E-state index contributed by atoms with van der Waals surface area (Å²) in [6.45, 7) is 8.41. The van der Waals surface area contributed by atoms with Gasteiger partial charge in [0.25, 0.3) is 5.91 Å². The molecule has 6 nitrogen and oxygen atoms in total. The number of carbonyl (C=O) groups is 1. The number of nitrogens with zero attached hydrogens (tertiary/aromatic N) is 1. The van der Waals surface area contributed by atoms with E-state index in [9.17, 15) is 4.79 Å². The van der Waals surface area contributed by atoms with Crippen LogP contribution in [-0.2, 0) is 11.3 Å². The smallest absolute Gasteiger partial charge is 0.251 e. The molecule has 0 radical (unpaired) electrons. The quantitative estimate of drug-likeness (QED) is 0.251. The van der Waals surface area contributed by atoms with Gasteiger partial charge in [-0.2, -0.15) is 0 Å². The number of amides is 1. The van der Waals surface area contributed by atoms with E-state index in [1.807, 2.05) is 24.3 Å². The number of hydrogen-bond donors (Lipinski definition) is 3. The molecule has 2 unspecified atom stereocenters. The maximum Gasteiger partial charge on any atom is 0.251 e. The van der Waals surface area contributed by atoms with Gasteiger partial charge in [-0.3, -0.25) is 4.79 Å². The monoisotopic (exact) mass is 516 g/mol. The minimum absolute atomic E-state index is 0. The van der Waals surface area contributed by atoms with Crippen molar-refractivity contribution >= 4 is 35.8 Å². The van der Waals surface area contributed by atoms with E-state index in [2.05, 4.69) is 36.4 Å². The topological polar surface area (TPSA) is 88.7 Å². The van der Waals surface area contributed by atoms with Gasteiger partial charge in [-0.25, -0.2) is 4.99 Å². The number of rotatable bonds is 10. The molecule has 2 rings (SSSR count). The summed E-state index contributed by atoms with van der Waals surface area (Å²) < 4.78 is 5.54. The Labute approximate surface area is 192 Å². The minimum Gasteiger partial charge on any atom is -0.376 e. The highest BCUT2D eigenvalue weighted by molar-refractivity contribution is 14.0. The van der Waals surface area contributed by atoms with Gasteiger partial charge >= 0.3 is 0 Å². The number of guanidine groups is 1. The van der Waals surface area contributed by atoms with Crippen LogP contribution in [0.1, 0.15) is 68.8 Å². The van der Waals surface area contributed by atoms with Crippen molar-refractivity contribution in [1.82, 2.24) is 10.6 Å². The Hall–Kier alpha value is -1.35. The Bertz CT molecular complexity index is 645. The molecule has 1 aliphatic heterocycles. The molecule has 4 N–H and O–H groups in total. The van der Waals surface area contributed by atoms with Gasteiger partial charge in [0, 0.05) is 24.8 Å². The minimum atomic E-state index is -0.0776. The molecule has 0 bridgehead atoms. The summed E-state index contributed by atoms with van der Waals surface area (Å²) in [6, 6.07) is 7.82. The van der Waals surface area contributed by atoms with E-state index in [0.717, 1.165) is 37.4 Å². The second-order valence-electron chi connectivity index (χ2n) is 8.12. The molecule has 2 atom stereocenters. The van der Waals surface area contributed by atoms with Crippen LogP contribution in [0.25, 0.3) is 0 Å². The lowest BCUT2D eigenvalue weighted by molar-refractivity contribution is 0.0857. The number of benzene rings is 1. The van der Waals surface area contributed by atoms with E-state index in [0.29, 0.717) is 30.7 Å². The van der Waals surface area contributed by atoms with E-state index < -0.39 is 0 Å². The Morgan fingerprint density at radius 2 is 2.10 bits per heavy atom. The highest BCUT2D eigenvalue weighted by Gasteiger charge is 2.16. The maximum atomic E-state index is 12.3. The van der Waals surface area contributed by atoms with Crippen LogP contribution in [0.4, 0.5) is 0 Å². The molecule has 1 aliphatic rings. The standard InChI is InChI=1S/C22H36N4O2.HI/c1-16(2)7-4-8-17(3)26-22(23)25-14-18-9-5-10-19(13-18)21(27)24-15-20-11-6-12-28-20;/h5,9-10,13,16-17,20H,4,6-8,11-12,14-15H2,1-3H3,(H,24,27)(H3,23,25,26);1H. The van der Waals surface area contributed by atoms with Crippen LogP contribution in [0.5, 0.6) is 0 Å². The number of nitrogens with two attached hydrogens (primary N) is 1. The van der Waals surface area contributed by atoms with Crippen molar-refractivity contribution < 1.29 is 9.53 Å². The maximum absolute atomic E-state index is 12.3. The van der Waals surface area contributed by atoms with Crippen molar-refractivity contribution in [2.45, 2.75) is 71.6 Å². The molecular weight excluding hydrogens is 479 g/mol. The average Bonchev–Trinajstić information content (AvgIpc) is 3.18. The molecule has 29 heavy (non-hydrogen) atoms. The first-order valence-electron chi connectivity index (χ1n) is 10.5. The number of aliphatic imine (C=N–C) groups is 1. The predicted octanol–water partition coefficient (Wildman–Crippen LogP) is 3.83. The largest absolute Gasteiger partial charge is 0.376 e. The van der Waals surface area contributed by atoms with E-state index >= 15 is 0 Å². The first-order valence-corrected chi connectivity index (χ1v) is 10.5. The van der Waals surface area contributed by atoms with Gasteiger partial charge in [0.05, 0.1) is 12.6 Å². The molecule has 1 aromatic carbocycles. The van der Waals surface area contributed by atoms with Gasteiger partial charge in [-0.1, -0.05) is 38.8 Å². The Morgan fingerprint density at radius 1 is 1.31 bits per heavy atom. The van der Waals surface area contributed by atoms with Crippen molar-refractivity contribution in [3.05, 3.63) is 35.4 Å². The first-order chi connectivity index (χ1) is 13.4. The van der Waals surface area contributed by atoms with Crippen LogP contribution in [-0.4, -0.2) is 37.2 Å². The van der Waals surface area contributed by atoms with Gasteiger partial charge in [0.15, 0.2) is 5.96 Å². The van der Waals surface area contributed by atoms with E-state index in [1.165, 1.54) is 12.8 Å². The summed E-state index contributed by atoms with van der Waals surface area (Å²) in [5.41, 5.74) is 7.61. The molecule has 0 saturated carbocycles. The molecule has 7 heteroatoms. The highest BCUT2D eigenvalue weighted by atomic mass is 127. The van der Waals surface area contributed by atoms with Crippen LogP contribution in [0.2, 0.25) is 0 Å². The zero-order chi connectivity index (χ0) is 20.4. The third kappa shape index (κ3) is 10.3. The third-order valence-electron chi connectivity index (χ3n) is 4.95. The molecule has 0 aromatic heterocycles. The summed E-state index contributed by atoms with van der Waals surface area (Å²) in [4.78, 5) is 16.8. The van der Waals surface area contributed by atoms with Gasteiger partial charge in [0.1, 0.15) is 0 Å². The molecule has 0 spiro atoms. The molecule has 1 aromatic rings. The van der Waals surface area contributed by atoms with Crippen LogP contribution in [0.15, 0.2) is 29.3 Å². The SMILES string of the molecule is CC(C)CCCC(C)NC(N)=NCc1cccc(C(=O)NCC2CCCO2)c1.I. The van der Waals surface area contributed by atoms with Crippen molar-refractivity contribution in [2.75, 3.05) is 13.2 Å².